The second-order valence-electron chi connectivity index (χ2n) is 4.80. The lowest BCUT2D eigenvalue weighted by Gasteiger charge is -2.27. The van der Waals surface area contributed by atoms with E-state index in [1.54, 1.807) is 15.9 Å². The van der Waals surface area contributed by atoms with Crippen LogP contribution in [0.15, 0.2) is 18.2 Å². The van der Waals surface area contributed by atoms with E-state index < -0.39 is 0 Å². The first-order chi connectivity index (χ1) is 8.19. The summed E-state index contributed by atoms with van der Waals surface area (Å²) >= 11 is 6.19. The molecule has 2 N–H and O–H groups in total. The number of nitrogens with zero attached hydrogens (tertiary/aromatic N) is 1. The molecule has 2 rings (SSSR count). The Hall–Kier alpha value is -1.08. The zero-order valence-corrected chi connectivity index (χ0v) is 10.8. The number of quaternary nitrogens is 2. The second-order valence-corrected chi connectivity index (χ2v) is 5.21. The maximum Gasteiger partial charge on any atom is 0.127 e. The van der Waals surface area contributed by atoms with E-state index in [1.807, 2.05) is 12.1 Å². The van der Waals surface area contributed by atoms with Gasteiger partial charge >= 0.3 is 0 Å². The third-order valence-corrected chi connectivity index (χ3v) is 3.79. The number of rotatable bonds is 2. The molecular weight excluding hydrogens is 234 g/mol. The van der Waals surface area contributed by atoms with Gasteiger partial charge in [-0.05, 0) is 12.1 Å². The average molecular weight is 252 g/mol. The van der Waals surface area contributed by atoms with Crippen molar-refractivity contribution in [2.75, 3.05) is 33.2 Å². The van der Waals surface area contributed by atoms with Gasteiger partial charge in [0.25, 0.3) is 0 Å². The highest BCUT2D eigenvalue weighted by Crippen LogP contribution is 2.16. The summed E-state index contributed by atoms with van der Waals surface area (Å²) in [4.78, 5) is 3.20. The van der Waals surface area contributed by atoms with Gasteiger partial charge in [0.2, 0.25) is 0 Å². The van der Waals surface area contributed by atoms with E-state index in [4.69, 9.17) is 16.9 Å². The zero-order valence-electron chi connectivity index (χ0n) is 10.1. The fourth-order valence-corrected chi connectivity index (χ4v) is 2.48. The van der Waals surface area contributed by atoms with Gasteiger partial charge in [-0.3, -0.25) is 0 Å². The lowest BCUT2D eigenvalue weighted by Crippen LogP contribution is -3.26. The molecule has 1 aliphatic heterocycles. The van der Waals surface area contributed by atoms with Crippen molar-refractivity contribution in [2.24, 2.45) is 0 Å². The predicted octanol–water partition coefficient (Wildman–Crippen LogP) is -0.875. The molecular formula is C13H18ClN3+2. The number of hydrogen-bond donors (Lipinski definition) is 2. The summed E-state index contributed by atoms with van der Waals surface area (Å²) in [6, 6.07) is 7.71. The Morgan fingerprint density at radius 2 is 2.00 bits per heavy atom. The minimum absolute atomic E-state index is 0.636. The van der Waals surface area contributed by atoms with Crippen LogP contribution in [0.25, 0.3) is 0 Å². The average Bonchev–Trinajstić information content (AvgIpc) is 2.34. The molecule has 1 aliphatic rings. The number of halogens is 1. The van der Waals surface area contributed by atoms with Gasteiger partial charge < -0.3 is 9.80 Å². The van der Waals surface area contributed by atoms with E-state index in [-0.39, 0.29) is 0 Å². The van der Waals surface area contributed by atoms with Crippen molar-refractivity contribution in [1.82, 2.24) is 0 Å². The Balaban J connectivity index is 2.02. The summed E-state index contributed by atoms with van der Waals surface area (Å²) < 4.78 is 0. The SMILES string of the molecule is C[NH+]1CC[NH+](Cc2ccc(C#N)cc2Cl)CC1. The minimum atomic E-state index is 0.636. The molecule has 17 heavy (non-hydrogen) atoms. The van der Waals surface area contributed by atoms with E-state index in [0.29, 0.717) is 5.56 Å². The molecule has 1 fully saturated rings. The van der Waals surface area contributed by atoms with Crippen molar-refractivity contribution in [3.63, 3.8) is 0 Å². The van der Waals surface area contributed by atoms with Crippen molar-refractivity contribution in [3.05, 3.63) is 34.3 Å². The van der Waals surface area contributed by atoms with Crippen LogP contribution in [0.1, 0.15) is 11.1 Å². The Labute approximate surface area is 107 Å². The molecule has 0 atom stereocenters. The second kappa shape index (κ2) is 5.50. The van der Waals surface area contributed by atoms with Crippen LogP contribution >= 0.6 is 11.6 Å². The number of likely N-dealkylation sites (N-methyl/N-ethyl adjacent to an activating group) is 1. The molecule has 0 saturated carbocycles. The number of benzene rings is 1. The predicted molar refractivity (Wildman–Crippen MR) is 67.2 cm³/mol. The van der Waals surface area contributed by atoms with Crippen LogP contribution in [-0.2, 0) is 6.54 Å². The van der Waals surface area contributed by atoms with Gasteiger partial charge in [0.05, 0.1) is 23.7 Å². The molecule has 0 unspecified atom stereocenters. The first-order valence-electron chi connectivity index (χ1n) is 6.02. The van der Waals surface area contributed by atoms with Crippen molar-refractivity contribution >= 4 is 11.6 Å². The third kappa shape index (κ3) is 3.19. The number of nitrogens with one attached hydrogen (secondary N) is 2. The van der Waals surface area contributed by atoms with Gasteiger partial charge in [-0.25, -0.2) is 0 Å². The molecule has 3 nitrogen and oxygen atoms in total. The molecule has 0 amide bonds. The Morgan fingerprint density at radius 3 is 2.59 bits per heavy atom. The van der Waals surface area contributed by atoms with E-state index >= 15 is 0 Å². The lowest BCUT2D eigenvalue weighted by atomic mass is 10.1. The lowest BCUT2D eigenvalue weighted by molar-refractivity contribution is -1.01. The van der Waals surface area contributed by atoms with Crippen LogP contribution in [0.5, 0.6) is 0 Å². The molecule has 4 heteroatoms. The fraction of sp³-hybridized carbons (Fsp3) is 0.462. The van der Waals surface area contributed by atoms with Crippen molar-refractivity contribution < 1.29 is 9.80 Å². The van der Waals surface area contributed by atoms with Gasteiger partial charge in [0.15, 0.2) is 0 Å². The molecule has 90 valence electrons. The molecule has 1 aromatic carbocycles. The van der Waals surface area contributed by atoms with Crippen molar-refractivity contribution in [2.45, 2.75) is 6.54 Å². The van der Waals surface area contributed by atoms with Crippen molar-refractivity contribution in [1.29, 1.82) is 5.26 Å². The number of hydrogen-bond acceptors (Lipinski definition) is 1. The normalized spacial score (nSPS) is 24.3. The highest BCUT2D eigenvalue weighted by Gasteiger charge is 2.20. The van der Waals surface area contributed by atoms with Gasteiger partial charge in [-0.1, -0.05) is 17.7 Å². The van der Waals surface area contributed by atoms with Crippen LogP contribution in [0, 0.1) is 11.3 Å². The smallest absolute Gasteiger partial charge is 0.127 e. The maximum absolute atomic E-state index is 8.79. The van der Waals surface area contributed by atoms with Crippen LogP contribution in [-0.4, -0.2) is 33.2 Å². The van der Waals surface area contributed by atoms with E-state index in [0.717, 1.165) is 17.1 Å². The minimum Gasteiger partial charge on any atom is -0.328 e. The van der Waals surface area contributed by atoms with Gasteiger partial charge in [-0.2, -0.15) is 5.26 Å². The molecule has 1 saturated heterocycles. The summed E-state index contributed by atoms with van der Waals surface area (Å²) in [5, 5.41) is 9.51. The summed E-state index contributed by atoms with van der Waals surface area (Å²) in [6.45, 7) is 5.81. The number of piperazine rings is 1. The molecule has 1 heterocycles. The van der Waals surface area contributed by atoms with E-state index in [9.17, 15) is 0 Å². The van der Waals surface area contributed by atoms with E-state index in [2.05, 4.69) is 13.1 Å². The van der Waals surface area contributed by atoms with Crippen molar-refractivity contribution in [3.8, 4) is 6.07 Å². The third-order valence-electron chi connectivity index (χ3n) is 3.43. The monoisotopic (exact) mass is 251 g/mol. The molecule has 0 radical (unpaired) electrons. The molecule has 0 aromatic heterocycles. The maximum atomic E-state index is 8.79. The van der Waals surface area contributed by atoms with Gasteiger partial charge in [0, 0.05) is 5.56 Å². The highest BCUT2D eigenvalue weighted by atomic mass is 35.5. The first-order valence-corrected chi connectivity index (χ1v) is 6.40. The van der Waals surface area contributed by atoms with Crippen LogP contribution < -0.4 is 9.80 Å². The first kappa shape index (κ1) is 12.4. The molecule has 0 aliphatic carbocycles. The quantitative estimate of drug-likeness (QED) is 0.704. The summed E-state index contributed by atoms with van der Waals surface area (Å²) in [6.07, 6.45) is 0. The standard InChI is InChI=1S/C13H16ClN3/c1-16-4-6-17(7-5-16)10-12-3-2-11(9-15)8-13(12)14/h2-3,8H,4-7,10H2,1H3/p+2. The summed E-state index contributed by atoms with van der Waals surface area (Å²) in [7, 11) is 2.24. The van der Waals surface area contributed by atoms with Gasteiger partial charge in [-0.15, -0.1) is 0 Å². The highest BCUT2D eigenvalue weighted by molar-refractivity contribution is 6.31. The van der Waals surface area contributed by atoms with E-state index in [1.165, 1.54) is 26.2 Å². The summed E-state index contributed by atoms with van der Waals surface area (Å²) in [5.41, 5.74) is 1.79. The largest absolute Gasteiger partial charge is 0.328 e. The van der Waals surface area contributed by atoms with Gasteiger partial charge in [0.1, 0.15) is 32.7 Å². The molecule has 0 bridgehead atoms. The zero-order chi connectivity index (χ0) is 12.3. The molecule has 1 aromatic rings. The Morgan fingerprint density at radius 1 is 1.29 bits per heavy atom. The van der Waals surface area contributed by atoms with Crippen LogP contribution in [0.2, 0.25) is 5.02 Å². The Kier molecular flexibility index (Phi) is 4.01. The fourth-order valence-electron chi connectivity index (χ4n) is 2.24. The summed E-state index contributed by atoms with van der Waals surface area (Å²) in [5.74, 6) is 0. The van der Waals surface area contributed by atoms with Crippen LogP contribution in [0.3, 0.4) is 0 Å². The Bertz CT molecular complexity index is 431. The number of nitriles is 1. The molecule has 0 spiro atoms. The van der Waals surface area contributed by atoms with Crippen LogP contribution in [0.4, 0.5) is 0 Å². The topological polar surface area (TPSA) is 32.7 Å².